The van der Waals surface area contributed by atoms with Crippen molar-refractivity contribution in [3.05, 3.63) is 59.7 Å². The lowest BCUT2D eigenvalue weighted by Crippen LogP contribution is -2.37. The Morgan fingerprint density at radius 2 is 1.90 bits per heavy atom. The SMILES string of the molecule is CC(C)OC(Cc1ccc(OCCN2CSc3ccccc3C2=O)cc1)C(N)=O. The van der Waals surface area contributed by atoms with E-state index in [1.54, 1.807) is 16.7 Å². The molecule has 7 heteroatoms. The smallest absolute Gasteiger partial charge is 0.255 e. The van der Waals surface area contributed by atoms with E-state index in [-0.39, 0.29) is 12.0 Å². The highest BCUT2D eigenvalue weighted by molar-refractivity contribution is 7.99. The maximum absolute atomic E-state index is 12.5. The number of primary amides is 1. The van der Waals surface area contributed by atoms with Gasteiger partial charge in [-0.2, -0.15) is 0 Å². The molecule has 29 heavy (non-hydrogen) atoms. The van der Waals surface area contributed by atoms with Crippen molar-refractivity contribution in [3.8, 4) is 5.75 Å². The Bertz CT molecular complexity index is 854. The van der Waals surface area contributed by atoms with Gasteiger partial charge < -0.3 is 20.1 Å². The summed E-state index contributed by atoms with van der Waals surface area (Å²) in [6.45, 7) is 4.68. The zero-order valence-corrected chi connectivity index (χ0v) is 17.5. The summed E-state index contributed by atoms with van der Waals surface area (Å²) in [6, 6.07) is 15.2. The van der Waals surface area contributed by atoms with Gasteiger partial charge in [-0.25, -0.2) is 0 Å². The van der Waals surface area contributed by atoms with Crippen LogP contribution in [-0.4, -0.2) is 48.0 Å². The highest BCUT2D eigenvalue weighted by Gasteiger charge is 2.24. The lowest BCUT2D eigenvalue weighted by atomic mass is 10.1. The van der Waals surface area contributed by atoms with Crippen LogP contribution in [0.3, 0.4) is 0 Å². The minimum absolute atomic E-state index is 0.0425. The van der Waals surface area contributed by atoms with Crippen LogP contribution in [0.25, 0.3) is 0 Å². The first-order valence-corrected chi connectivity index (χ1v) is 10.6. The first-order valence-electron chi connectivity index (χ1n) is 9.61. The standard InChI is InChI=1S/C22H26N2O4S/c1-15(2)28-19(21(23)25)13-16-7-9-17(10-8-16)27-12-11-24-14-29-20-6-4-3-5-18(20)22(24)26/h3-10,15,19H,11-14H2,1-2H3,(H2,23,25). The number of hydrogen-bond acceptors (Lipinski definition) is 5. The third-order valence-electron chi connectivity index (χ3n) is 4.51. The minimum atomic E-state index is -0.646. The van der Waals surface area contributed by atoms with E-state index in [0.717, 1.165) is 16.0 Å². The van der Waals surface area contributed by atoms with E-state index >= 15 is 0 Å². The average Bonchev–Trinajstić information content (AvgIpc) is 2.70. The van der Waals surface area contributed by atoms with E-state index in [9.17, 15) is 9.59 Å². The number of amides is 2. The second-order valence-electron chi connectivity index (χ2n) is 7.11. The van der Waals surface area contributed by atoms with Crippen LogP contribution < -0.4 is 10.5 Å². The highest BCUT2D eigenvalue weighted by atomic mass is 32.2. The van der Waals surface area contributed by atoms with Crippen LogP contribution in [0.2, 0.25) is 0 Å². The van der Waals surface area contributed by atoms with Crippen LogP contribution in [0.1, 0.15) is 29.8 Å². The maximum atomic E-state index is 12.5. The molecule has 0 aromatic heterocycles. The van der Waals surface area contributed by atoms with E-state index in [0.29, 0.717) is 31.2 Å². The number of rotatable bonds is 9. The summed E-state index contributed by atoms with van der Waals surface area (Å²) in [5.41, 5.74) is 7.11. The quantitative estimate of drug-likeness (QED) is 0.682. The Morgan fingerprint density at radius 3 is 2.59 bits per heavy atom. The number of ether oxygens (including phenoxy) is 2. The predicted molar refractivity (Wildman–Crippen MR) is 113 cm³/mol. The van der Waals surface area contributed by atoms with Crippen molar-refractivity contribution >= 4 is 23.6 Å². The summed E-state index contributed by atoms with van der Waals surface area (Å²) >= 11 is 1.66. The van der Waals surface area contributed by atoms with Crippen LogP contribution in [0, 0.1) is 0 Å². The lowest BCUT2D eigenvalue weighted by Gasteiger charge is -2.27. The molecule has 1 aliphatic heterocycles. The van der Waals surface area contributed by atoms with Crippen molar-refractivity contribution in [3.63, 3.8) is 0 Å². The molecule has 2 amide bonds. The largest absolute Gasteiger partial charge is 0.492 e. The number of nitrogens with two attached hydrogens (primary N) is 1. The molecule has 2 aromatic rings. The van der Waals surface area contributed by atoms with Gasteiger partial charge in [0.1, 0.15) is 18.5 Å². The van der Waals surface area contributed by atoms with Crippen molar-refractivity contribution in [2.45, 2.75) is 37.4 Å². The monoisotopic (exact) mass is 414 g/mol. The van der Waals surface area contributed by atoms with Gasteiger partial charge in [0.05, 0.1) is 24.1 Å². The van der Waals surface area contributed by atoms with E-state index < -0.39 is 12.0 Å². The number of nitrogens with zero attached hydrogens (tertiary/aromatic N) is 1. The fourth-order valence-corrected chi connectivity index (χ4v) is 4.09. The Labute approximate surface area is 175 Å². The highest BCUT2D eigenvalue weighted by Crippen LogP contribution is 2.29. The Kier molecular flexibility index (Phi) is 7.17. The van der Waals surface area contributed by atoms with Gasteiger partial charge in [0.2, 0.25) is 5.91 Å². The molecule has 1 heterocycles. The second-order valence-corrected chi connectivity index (χ2v) is 8.10. The molecule has 2 aromatic carbocycles. The number of thioether (sulfide) groups is 1. The topological polar surface area (TPSA) is 81.9 Å². The van der Waals surface area contributed by atoms with Gasteiger partial charge in [-0.3, -0.25) is 9.59 Å². The zero-order chi connectivity index (χ0) is 20.8. The van der Waals surface area contributed by atoms with Crippen LogP contribution in [-0.2, 0) is 16.0 Å². The van der Waals surface area contributed by atoms with Crippen LogP contribution >= 0.6 is 11.8 Å². The molecule has 1 atom stereocenters. The van der Waals surface area contributed by atoms with Crippen molar-refractivity contribution in [2.75, 3.05) is 19.0 Å². The van der Waals surface area contributed by atoms with E-state index in [1.165, 1.54) is 0 Å². The number of hydrogen-bond donors (Lipinski definition) is 1. The van der Waals surface area contributed by atoms with Gasteiger partial charge in [-0.15, -0.1) is 11.8 Å². The normalized spacial score (nSPS) is 14.6. The number of fused-ring (bicyclic) bond motifs is 1. The summed E-state index contributed by atoms with van der Waals surface area (Å²) in [5, 5.41) is 0. The Balaban J connectivity index is 1.49. The van der Waals surface area contributed by atoms with Gasteiger partial charge in [0.15, 0.2) is 0 Å². The fraction of sp³-hybridized carbons (Fsp3) is 0.364. The minimum Gasteiger partial charge on any atom is -0.492 e. The van der Waals surface area contributed by atoms with Crippen LogP contribution in [0.15, 0.2) is 53.4 Å². The van der Waals surface area contributed by atoms with Gasteiger partial charge >= 0.3 is 0 Å². The molecule has 0 spiro atoms. The van der Waals surface area contributed by atoms with Crippen molar-refractivity contribution in [1.29, 1.82) is 0 Å². The lowest BCUT2D eigenvalue weighted by molar-refractivity contribution is -0.132. The molecule has 3 rings (SSSR count). The number of benzene rings is 2. The molecule has 6 nitrogen and oxygen atoms in total. The first kappa shape index (κ1) is 21.2. The summed E-state index contributed by atoms with van der Waals surface area (Å²) in [5.74, 6) is 0.917. The number of carbonyl (C=O) groups excluding carboxylic acids is 2. The van der Waals surface area contributed by atoms with E-state index in [4.69, 9.17) is 15.2 Å². The fourth-order valence-electron chi connectivity index (χ4n) is 3.07. The molecule has 1 unspecified atom stereocenters. The third kappa shape index (κ3) is 5.74. The molecule has 154 valence electrons. The molecule has 0 aliphatic carbocycles. The summed E-state index contributed by atoms with van der Waals surface area (Å²) in [7, 11) is 0. The van der Waals surface area contributed by atoms with Gasteiger partial charge in [0, 0.05) is 11.3 Å². The zero-order valence-electron chi connectivity index (χ0n) is 16.7. The molecular formula is C22H26N2O4S. The molecule has 1 aliphatic rings. The Morgan fingerprint density at radius 1 is 1.17 bits per heavy atom. The summed E-state index contributed by atoms with van der Waals surface area (Å²) in [6.07, 6.45) is -0.294. The van der Waals surface area contributed by atoms with Crippen LogP contribution in [0.4, 0.5) is 0 Å². The molecule has 0 saturated carbocycles. The third-order valence-corrected chi connectivity index (χ3v) is 5.62. The summed E-state index contributed by atoms with van der Waals surface area (Å²) in [4.78, 5) is 26.9. The molecule has 0 fully saturated rings. The molecular weight excluding hydrogens is 388 g/mol. The predicted octanol–water partition coefficient (Wildman–Crippen LogP) is 3.09. The second kappa shape index (κ2) is 9.80. The van der Waals surface area contributed by atoms with E-state index in [1.807, 2.05) is 62.4 Å². The van der Waals surface area contributed by atoms with Gasteiger partial charge in [0.25, 0.3) is 5.91 Å². The van der Waals surface area contributed by atoms with Crippen LogP contribution in [0.5, 0.6) is 5.75 Å². The number of carbonyl (C=O) groups is 2. The van der Waals surface area contributed by atoms with E-state index in [2.05, 4.69) is 0 Å². The Hall–Kier alpha value is -2.51. The van der Waals surface area contributed by atoms with Gasteiger partial charge in [-0.1, -0.05) is 24.3 Å². The maximum Gasteiger partial charge on any atom is 0.255 e. The van der Waals surface area contributed by atoms with Crippen molar-refractivity contribution in [2.24, 2.45) is 5.73 Å². The van der Waals surface area contributed by atoms with Crippen molar-refractivity contribution in [1.82, 2.24) is 4.90 Å². The summed E-state index contributed by atoms with van der Waals surface area (Å²) < 4.78 is 11.4. The average molecular weight is 415 g/mol. The molecule has 0 bridgehead atoms. The van der Waals surface area contributed by atoms with Gasteiger partial charge in [-0.05, 0) is 43.7 Å². The molecule has 0 radical (unpaired) electrons. The van der Waals surface area contributed by atoms with Crippen molar-refractivity contribution < 1.29 is 19.1 Å². The molecule has 0 saturated heterocycles. The first-order chi connectivity index (χ1) is 13.9. The molecule has 2 N–H and O–H groups in total.